The first-order valence-electron chi connectivity index (χ1n) is 4.94. The van der Waals surface area contributed by atoms with Gasteiger partial charge in [-0.25, -0.2) is 0 Å². The van der Waals surface area contributed by atoms with E-state index in [1.165, 1.54) is 6.42 Å². The maximum atomic E-state index is 11.5. The van der Waals surface area contributed by atoms with Crippen molar-refractivity contribution in [2.24, 2.45) is 17.3 Å². The van der Waals surface area contributed by atoms with Gasteiger partial charge in [-0.2, -0.15) is 0 Å². The Morgan fingerprint density at radius 2 is 1.83 bits per heavy atom. The van der Waals surface area contributed by atoms with Crippen LogP contribution in [0, 0.1) is 17.3 Å². The lowest BCUT2D eigenvalue weighted by Crippen LogP contribution is -2.30. The van der Waals surface area contributed by atoms with Crippen LogP contribution in [0.5, 0.6) is 0 Å². The molecule has 0 aromatic carbocycles. The maximum Gasteiger partial charge on any atom is 0.135 e. The third kappa shape index (κ3) is 2.09. The molecule has 1 aliphatic rings. The number of Topliss-reactive ketones (excluding diaryl/α,β-unsaturated/α-hetero) is 1. The summed E-state index contributed by atoms with van der Waals surface area (Å²) >= 11 is 0. The maximum absolute atomic E-state index is 11.5. The van der Waals surface area contributed by atoms with E-state index in [1.807, 2.05) is 0 Å². The van der Waals surface area contributed by atoms with Crippen LogP contribution in [0.15, 0.2) is 0 Å². The Balaban J connectivity index is 2.57. The summed E-state index contributed by atoms with van der Waals surface area (Å²) in [7, 11) is 0. The zero-order valence-corrected chi connectivity index (χ0v) is 8.68. The van der Waals surface area contributed by atoms with Crippen molar-refractivity contribution in [3.63, 3.8) is 0 Å². The zero-order chi connectivity index (χ0) is 9.35. The van der Waals surface area contributed by atoms with Crippen LogP contribution in [-0.2, 0) is 4.79 Å². The van der Waals surface area contributed by atoms with Crippen LogP contribution in [0.2, 0.25) is 0 Å². The first-order valence-corrected chi connectivity index (χ1v) is 4.94. The minimum Gasteiger partial charge on any atom is -0.299 e. The molecule has 1 rings (SSSR count). The summed E-state index contributed by atoms with van der Waals surface area (Å²) in [6.45, 7) is 8.77. The van der Waals surface area contributed by atoms with Crippen LogP contribution in [0.3, 0.4) is 0 Å². The lowest BCUT2D eigenvalue weighted by Gasteiger charge is -2.35. The average molecular weight is 168 g/mol. The van der Waals surface area contributed by atoms with E-state index in [2.05, 4.69) is 27.7 Å². The van der Waals surface area contributed by atoms with Crippen molar-refractivity contribution in [2.45, 2.75) is 47.0 Å². The topological polar surface area (TPSA) is 17.1 Å². The number of rotatable bonds is 0. The van der Waals surface area contributed by atoms with E-state index in [9.17, 15) is 4.79 Å². The van der Waals surface area contributed by atoms with Gasteiger partial charge in [0.25, 0.3) is 0 Å². The predicted octanol–water partition coefficient (Wildman–Crippen LogP) is 3.04. The molecule has 0 spiro atoms. The fourth-order valence-electron chi connectivity index (χ4n) is 1.90. The minimum absolute atomic E-state index is 0.315. The summed E-state index contributed by atoms with van der Waals surface area (Å²) in [4.78, 5) is 11.5. The van der Waals surface area contributed by atoms with Crippen LogP contribution in [0.25, 0.3) is 0 Å². The van der Waals surface area contributed by atoms with Crippen molar-refractivity contribution in [2.75, 3.05) is 0 Å². The molecule has 1 aliphatic carbocycles. The molecule has 1 fully saturated rings. The summed E-state index contributed by atoms with van der Waals surface area (Å²) in [6.07, 6.45) is 3.14. The molecule has 0 aromatic rings. The van der Waals surface area contributed by atoms with Crippen molar-refractivity contribution >= 4 is 5.78 Å². The summed E-state index contributed by atoms with van der Waals surface area (Å²) in [6, 6.07) is 0. The van der Waals surface area contributed by atoms with Crippen LogP contribution in [0.1, 0.15) is 47.0 Å². The highest BCUT2D eigenvalue weighted by Gasteiger charge is 2.32. The third-order valence-corrected chi connectivity index (χ3v) is 3.17. The third-order valence-electron chi connectivity index (χ3n) is 3.17. The molecule has 0 saturated heterocycles. The molecule has 12 heavy (non-hydrogen) atoms. The molecule has 0 bridgehead atoms. The van der Waals surface area contributed by atoms with Gasteiger partial charge in [-0.3, -0.25) is 4.79 Å². The van der Waals surface area contributed by atoms with Gasteiger partial charge in [0.05, 0.1) is 0 Å². The highest BCUT2D eigenvalue weighted by molar-refractivity contribution is 5.81. The smallest absolute Gasteiger partial charge is 0.135 e. The molecule has 1 nitrogen and oxygen atoms in total. The molecule has 0 radical (unpaired) electrons. The molecule has 1 heteroatoms. The predicted molar refractivity (Wildman–Crippen MR) is 51.0 cm³/mol. The molecule has 2 atom stereocenters. The number of carbonyl (C=O) groups is 1. The highest BCUT2D eigenvalue weighted by Crippen LogP contribution is 2.37. The second kappa shape index (κ2) is 3.20. The first-order chi connectivity index (χ1) is 5.41. The van der Waals surface area contributed by atoms with Crippen molar-refractivity contribution in [3.05, 3.63) is 0 Å². The van der Waals surface area contributed by atoms with Gasteiger partial charge < -0.3 is 0 Å². The Labute approximate surface area is 75.5 Å². The fraction of sp³-hybridized carbons (Fsp3) is 0.909. The first kappa shape index (κ1) is 9.76. The quantitative estimate of drug-likeness (QED) is 0.543. The van der Waals surface area contributed by atoms with Gasteiger partial charge in [-0.15, -0.1) is 0 Å². The van der Waals surface area contributed by atoms with Gasteiger partial charge in [0.1, 0.15) is 5.78 Å². The summed E-state index contributed by atoms with van der Waals surface area (Å²) in [5, 5.41) is 0. The van der Waals surface area contributed by atoms with E-state index in [1.54, 1.807) is 0 Å². The van der Waals surface area contributed by atoms with E-state index in [0.29, 0.717) is 23.0 Å². The monoisotopic (exact) mass is 168 g/mol. The van der Waals surface area contributed by atoms with Crippen molar-refractivity contribution in [1.82, 2.24) is 0 Å². The Morgan fingerprint density at radius 3 is 2.25 bits per heavy atom. The summed E-state index contributed by atoms with van der Waals surface area (Å²) < 4.78 is 0. The normalized spacial score (nSPS) is 32.2. The number of hydrogen-bond acceptors (Lipinski definition) is 1. The van der Waals surface area contributed by atoms with Crippen LogP contribution in [-0.4, -0.2) is 5.78 Å². The van der Waals surface area contributed by atoms with Gasteiger partial charge in [0.2, 0.25) is 0 Å². The molecule has 0 aliphatic heterocycles. The standard InChI is InChI=1S/C11H20O/c1-8-5-6-9(7-10(8)12)11(2,3)4/h8-9H,5-7H2,1-4H3/t8-,9+/m0/s1. The Hall–Kier alpha value is -0.330. The van der Waals surface area contributed by atoms with Crippen LogP contribution < -0.4 is 0 Å². The summed E-state index contributed by atoms with van der Waals surface area (Å²) in [5.41, 5.74) is 0.315. The fourth-order valence-corrected chi connectivity index (χ4v) is 1.90. The van der Waals surface area contributed by atoms with E-state index in [0.717, 1.165) is 12.8 Å². The van der Waals surface area contributed by atoms with E-state index < -0.39 is 0 Å². The Bertz CT molecular complexity index is 176. The van der Waals surface area contributed by atoms with E-state index in [-0.39, 0.29) is 0 Å². The molecule has 0 amide bonds. The molecule has 0 unspecified atom stereocenters. The number of ketones is 1. The molecule has 0 aromatic heterocycles. The molecule has 70 valence electrons. The van der Waals surface area contributed by atoms with Crippen molar-refractivity contribution in [1.29, 1.82) is 0 Å². The van der Waals surface area contributed by atoms with Gasteiger partial charge >= 0.3 is 0 Å². The lowest BCUT2D eigenvalue weighted by atomic mass is 9.70. The Kier molecular flexibility index (Phi) is 2.60. The Morgan fingerprint density at radius 1 is 1.25 bits per heavy atom. The van der Waals surface area contributed by atoms with Gasteiger partial charge in [0.15, 0.2) is 0 Å². The van der Waals surface area contributed by atoms with Crippen molar-refractivity contribution in [3.8, 4) is 0 Å². The molecular formula is C11H20O. The number of carbonyl (C=O) groups excluding carboxylic acids is 1. The SMILES string of the molecule is C[C@H]1CC[C@@H](C(C)(C)C)CC1=O. The van der Waals surface area contributed by atoms with Crippen LogP contribution in [0.4, 0.5) is 0 Å². The largest absolute Gasteiger partial charge is 0.299 e. The second-order valence-electron chi connectivity index (χ2n) is 5.21. The second-order valence-corrected chi connectivity index (χ2v) is 5.21. The van der Waals surface area contributed by atoms with Gasteiger partial charge in [0, 0.05) is 12.3 Å². The number of hydrogen-bond donors (Lipinski definition) is 0. The van der Waals surface area contributed by atoms with E-state index >= 15 is 0 Å². The molecule has 0 N–H and O–H groups in total. The lowest BCUT2D eigenvalue weighted by molar-refractivity contribution is -0.126. The minimum atomic E-state index is 0.315. The van der Waals surface area contributed by atoms with Crippen LogP contribution >= 0.6 is 0 Å². The summed E-state index contributed by atoms with van der Waals surface area (Å²) in [5.74, 6) is 1.41. The molecule has 1 saturated carbocycles. The zero-order valence-electron chi connectivity index (χ0n) is 8.68. The van der Waals surface area contributed by atoms with Gasteiger partial charge in [-0.1, -0.05) is 27.7 Å². The van der Waals surface area contributed by atoms with E-state index in [4.69, 9.17) is 0 Å². The average Bonchev–Trinajstić information content (AvgIpc) is 1.92. The molecule has 0 heterocycles. The highest BCUT2D eigenvalue weighted by atomic mass is 16.1. The van der Waals surface area contributed by atoms with Gasteiger partial charge in [-0.05, 0) is 24.2 Å². The van der Waals surface area contributed by atoms with Crippen molar-refractivity contribution < 1.29 is 4.79 Å². The molecular weight excluding hydrogens is 148 g/mol.